The molecule has 0 bridgehead atoms. The van der Waals surface area contributed by atoms with Crippen molar-refractivity contribution in [1.29, 1.82) is 0 Å². The highest BCUT2D eigenvalue weighted by molar-refractivity contribution is 7.09. The lowest BCUT2D eigenvalue weighted by Gasteiger charge is -2.10. The highest BCUT2D eigenvalue weighted by Crippen LogP contribution is 2.14. The number of aryl methyl sites for hydroxylation is 1. The van der Waals surface area contributed by atoms with Gasteiger partial charge in [0.1, 0.15) is 5.01 Å². The Kier molecular flexibility index (Phi) is 4.33. The fourth-order valence-electron chi connectivity index (χ4n) is 1.75. The molecule has 0 fully saturated rings. The summed E-state index contributed by atoms with van der Waals surface area (Å²) in [7, 11) is 4.16. The molecule has 0 spiro atoms. The van der Waals surface area contributed by atoms with Gasteiger partial charge >= 0.3 is 0 Å². The average Bonchev–Trinajstić information content (AvgIpc) is 2.74. The summed E-state index contributed by atoms with van der Waals surface area (Å²) in [5, 5.41) is 6.60. The largest absolute Gasteiger partial charge is 0.379 e. The molecule has 0 unspecified atom stereocenters. The molecular weight excluding hydrogens is 242 g/mol. The van der Waals surface area contributed by atoms with Crippen molar-refractivity contribution in [3.63, 3.8) is 0 Å². The summed E-state index contributed by atoms with van der Waals surface area (Å²) < 4.78 is 0. The van der Waals surface area contributed by atoms with E-state index in [1.54, 1.807) is 11.3 Å². The summed E-state index contributed by atoms with van der Waals surface area (Å²) in [6.45, 7) is 3.80. The van der Waals surface area contributed by atoms with Gasteiger partial charge in [-0.2, -0.15) is 0 Å². The normalized spacial score (nSPS) is 10.9. The number of benzene rings is 1. The van der Waals surface area contributed by atoms with Gasteiger partial charge in [-0.3, -0.25) is 0 Å². The second kappa shape index (κ2) is 5.98. The number of hydrogen-bond acceptors (Lipinski definition) is 4. The van der Waals surface area contributed by atoms with Crippen molar-refractivity contribution in [2.45, 2.75) is 20.0 Å². The van der Waals surface area contributed by atoms with E-state index in [4.69, 9.17) is 0 Å². The van der Waals surface area contributed by atoms with Crippen LogP contribution in [0.2, 0.25) is 0 Å². The molecule has 1 aromatic carbocycles. The Bertz CT molecular complexity index is 488. The van der Waals surface area contributed by atoms with Gasteiger partial charge in [-0.15, -0.1) is 11.3 Å². The van der Waals surface area contributed by atoms with Crippen LogP contribution in [-0.2, 0) is 13.1 Å². The summed E-state index contributed by atoms with van der Waals surface area (Å²) in [4.78, 5) is 6.60. The van der Waals surface area contributed by atoms with Crippen LogP contribution in [0, 0.1) is 6.92 Å². The zero-order chi connectivity index (χ0) is 13.0. The molecule has 18 heavy (non-hydrogen) atoms. The van der Waals surface area contributed by atoms with E-state index in [9.17, 15) is 0 Å². The van der Waals surface area contributed by atoms with Crippen molar-refractivity contribution in [2.24, 2.45) is 0 Å². The highest BCUT2D eigenvalue weighted by atomic mass is 32.1. The summed E-state index contributed by atoms with van der Waals surface area (Å²) in [5.74, 6) is 0. The van der Waals surface area contributed by atoms with E-state index in [1.807, 2.05) is 6.92 Å². The van der Waals surface area contributed by atoms with Crippen molar-refractivity contribution < 1.29 is 0 Å². The molecule has 0 amide bonds. The van der Waals surface area contributed by atoms with Crippen molar-refractivity contribution in [1.82, 2.24) is 9.88 Å². The van der Waals surface area contributed by atoms with Crippen LogP contribution in [0.5, 0.6) is 0 Å². The van der Waals surface area contributed by atoms with E-state index < -0.39 is 0 Å². The Morgan fingerprint density at radius 3 is 2.50 bits per heavy atom. The molecule has 0 radical (unpaired) electrons. The molecule has 3 nitrogen and oxygen atoms in total. The maximum Gasteiger partial charge on any atom is 0.112 e. The van der Waals surface area contributed by atoms with E-state index in [0.717, 1.165) is 29.5 Å². The van der Waals surface area contributed by atoms with Crippen molar-refractivity contribution in [3.8, 4) is 0 Å². The van der Waals surface area contributed by atoms with Crippen molar-refractivity contribution >= 4 is 17.0 Å². The van der Waals surface area contributed by atoms with Crippen LogP contribution >= 0.6 is 11.3 Å². The third-order valence-electron chi connectivity index (χ3n) is 2.56. The number of thiazole rings is 1. The molecule has 0 saturated heterocycles. The summed E-state index contributed by atoms with van der Waals surface area (Å²) in [6.07, 6.45) is 0. The van der Waals surface area contributed by atoms with Gasteiger partial charge in [-0.1, -0.05) is 12.1 Å². The van der Waals surface area contributed by atoms with Gasteiger partial charge in [0.25, 0.3) is 0 Å². The van der Waals surface area contributed by atoms with Crippen LogP contribution in [0.1, 0.15) is 16.3 Å². The molecule has 2 aromatic rings. The number of nitrogens with zero attached hydrogens (tertiary/aromatic N) is 2. The van der Waals surface area contributed by atoms with E-state index in [2.05, 4.69) is 58.9 Å². The molecule has 0 saturated carbocycles. The Hall–Kier alpha value is -1.39. The SMILES string of the molecule is Cc1csc(CNc2ccc(CN(C)C)cc2)n1. The van der Waals surface area contributed by atoms with Gasteiger partial charge in [0.05, 0.1) is 6.54 Å². The smallest absolute Gasteiger partial charge is 0.112 e. The quantitative estimate of drug-likeness (QED) is 0.896. The zero-order valence-corrected chi connectivity index (χ0v) is 11.9. The van der Waals surface area contributed by atoms with E-state index >= 15 is 0 Å². The minimum absolute atomic E-state index is 0.797. The maximum atomic E-state index is 4.43. The van der Waals surface area contributed by atoms with Gasteiger partial charge in [-0.05, 0) is 38.7 Å². The molecule has 1 N–H and O–H groups in total. The van der Waals surface area contributed by atoms with E-state index in [1.165, 1.54) is 5.56 Å². The van der Waals surface area contributed by atoms with Gasteiger partial charge in [0.2, 0.25) is 0 Å². The summed E-state index contributed by atoms with van der Waals surface area (Å²) in [6, 6.07) is 8.57. The topological polar surface area (TPSA) is 28.2 Å². The predicted octanol–water partition coefficient (Wildman–Crippen LogP) is 3.13. The van der Waals surface area contributed by atoms with Gasteiger partial charge in [-0.25, -0.2) is 4.98 Å². The number of aromatic nitrogens is 1. The molecule has 2 rings (SSSR count). The van der Waals surface area contributed by atoms with Gasteiger partial charge in [0.15, 0.2) is 0 Å². The predicted molar refractivity (Wildman–Crippen MR) is 78.0 cm³/mol. The van der Waals surface area contributed by atoms with Crippen LogP contribution < -0.4 is 5.32 Å². The lowest BCUT2D eigenvalue weighted by molar-refractivity contribution is 0.402. The molecule has 1 aromatic heterocycles. The minimum Gasteiger partial charge on any atom is -0.379 e. The van der Waals surface area contributed by atoms with Crippen molar-refractivity contribution in [2.75, 3.05) is 19.4 Å². The summed E-state index contributed by atoms with van der Waals surface area (Å²) in [5.41, 5.74) is 3.57. The maximum absolute atomic E-state index is 4.43. The molecule has 1 heterocycles. The molecule has 0 aliphatic rings. The molecule has 0 atom stereocenters. The number of nitrogens with one attached hydrogen (secondary N) is 1. The molecular formula is C14H19N3S. The van der Waals surface area contributed by atoms with Gasteiger partial charge in [0, 0.05) is 23.3 Å². The molecule has 96 valence electrons. The first-order valence-corrected chi connectivity index (χ1v) is 6.90. The monoisotopic (exact) mass is 261 g/mol. The standard InChI is InChI=1S/C14H19N3S/c1-11-10-18-14(16-11)8-15-13-6-4-12(5-7-13)9-17(2)3/h4-7,10,15H,8-9H2,1-3H3. The second-order valence-electron chi connectivity index (χ2n) is 4.67. The Morgan fingerprint density at radius 2 is 1.94 bits per heavy atom. The van der Waals surface area contributed by atoms with Crippen molar-refractivity contribution in [3.05, 3.63) is 45.9 Å². The van der Waals surface area contributed by atoms with Crippen LogP contribution in [0.25, 0.3) is 0 Å². The second-order valence-corrected chi connectivity index (χ2v) is 5.61. The fraction of sp³-hybridized carbons (Fsp3) is 0.357. The van der Waals surface area contributed by atoms with E-state index in [0.29, 0.717) is 0 Å². The lowest BCUT2D eigenvalue weighted by atomic mass is 10.2. The Labute approximate surface area is 112 Å². The Balaban J connectivity index is 1.90. The van der Waals surface area contributed by atoms with Crippen LogP contribution in [-0.4, -0.2) is 24.0 Å². The highest BCUT2D eigenvalue weighted by Gasteiger charge is 1.99. The fourth-order valence-corrected chi connectivity index (χ4v) is 2.47. The number of anilines is 1. The first-order chi connectivity index (χ1) is 8.63. The third-order valence-corrected chi connectivity index (χ3v) is 3.53. The summed E-state index contributed by atoms with van der Waals surface area (Å²) >= 11 is 1.70. The van der Waals surface area contributed by atoms with Gasteiger partial charge < -0.3 is 10.2 Å². The third kappa shape index (κ3) is 3.82. The number of hydrogen-bond donors (Lipinski definition) is 1. The zero-order valence-electron chi connectivity index (χ0n) is 11.1. The van der Waals surface area contributed by atoms with Crippen LogP contribution in [0.15, 0.2) is 29.6 Å². The average molecular weight is 261 g/mol. The number of rotatable bonds is 5. The first-order valence-electron chi connectivity index (χ1n) is 6.02. The first kappa shape index (κ1) is 13.1. The lowest BCUT2D eigenvalue weighted by Crippen LogP contribution is -2.10. The molecule has 4 heteroatoms. The van der Waals surface area contributed by atoms with Crippen LogP contribution in [0.3, 0.4) is 0 Å². The molecule has 0 aliphatic carbocycles. The Morgan fingerprint density at radius 1 is 1.22 bits per heavy atom. The molecule has 0 aliphatic heterocycles. The van der Waals surface area contributed by atoms with E-state index in [-0.39, 0.29) is 0 Å². The van der Waals surface area contributed by atoms with Crippen LogP contribution in [0.4, 0.5) is 5.69 Å². The minimum atomic E-state index is 0.797.